The molecule has 1 fully saturated rings. The molecule has 1 aromatic carbocycles. The molecule has 0 aliphatic carbocycles. The van der Waals surface area contributed by atoms with Crippen LogP contribution in [0.5, 0.6) is 0 Å². The van der Waals surface area contributed by atoms with Crippen molar-refractivity contribution in [3.05, 3.63) is 39.8 Å². The zero-order chi connectivity index (χ0) is 13.8. The van der Waals surface area contributed by atoms with Crippen LogP contribution in [0.1, 0.15) is 28.8 Å². The lowest BCUT2D eigenvalue weighted by atomic mass is 10.1. The number of carbonyl (C=O) groups is 1. The van der Waals surface area contributed by atoms with Gasteiger partial charge >= 0.3 is 0 Å². The second kappa shape index (κ2) is 5.73. The molecule has 0 radical (unpaired) electrons. The maximum atomic E-state index is 12.5. The molecule has 1 aromatic rings. The minimum absolute atomic E-state index is 0.0333. The monoisotopic (exact) mass is 260 g/mol. The largest absolute Gasteiger partial charge is 0.394 e. The highest BCUT2D eigenvalue weighted by Gasteiger charge is 2.29. The van der Waals surface area contributed by atoms with Crippen LogP contribution in [-0.4, -0.2) is 35.1 Å². The predicted molar refractivity (Wildman–Crippen MR) is 71.1 cm³/mol. The van der Waals surface area contributed by atoms with Crippen LogP contribution in [0.3, 0.4) is 0 Å². The standard InChI is InChI=1S/C13H16N4O2/c1-9-4-5-12(15-16-14)11(7-9)13(19)17-6-2-3-10(17)8-18/h4-5,7,10,18H,2-3,6,8H2,1H3/t10-/m0/s1. The Morgan fingerprint density at radius 1 is 1.63 bits per heavy atom. The summed E-state index contributed by atoms with van der Waals surface area (Å²) >= 11 is 0. The van der Waals surface area contributed by atoms with E-state index in [2.05, 4.69) is 10.0 Å². The van der Waals surface area contributed by atoms with Gasteiger partial charge in [0.1, 0.15) is 0 Å². The number of azide groups is 1. The number of nitrogens with zero attached hydrogens (tertiary/aromatic N) is 4. The van der Waals surface area contributed by atoms with Crippen LogP contribution in [0.4, 0.5) is 5.69 Å². The lowest BCUT2D eigenvalue weighted by Crippen LogP contribution is -2.37. The van der Waals surface area contributed by atoms with E-state index in [0.29, 0.717) is 17.8 Å². The molecule has 0 spiro atoms. The number of carbonyl (C=O) groups excluding carboxylic acids is 1. The first-order chi connectivity index (χ1) is 9.17. The lowest BCUT2D eigenvalue weighted by molar-refractivity contribution is 0.0678. The first-order valence-corrected chi connectivity index (χ1v) is 6.25. The zero-order valence-corrected chi connectivity index (χ0v) is 10.8. The van der Waals surface area contributed by atoms with Crippen molar-refractivity contribution in [2.24, 2.45) is 5.11 Å². The Bertz CT molecular complexity index is 537. The van der Waals surface area contributed by atoms with Gasteiger partial charge < -0.3 is 10.0 Å². The molecule has 1 saturated heterocycles. The highest BCUT2D eigenvalue weighted by Crippen LogP contribution is 2.26. The molecule has 0 bridgehead atoms. The van der Waals surface area contributed by atoms with Crippen molar-refractivity contribution in [1.29, 1.82) is 0 Å². The highest BCUT2D eigenvalue weighted by molar-refractivity contribution is 5.99. The van der Waals surface area contributed by atoms with Gasteiger partial charge in [0, 0.05) is 17.0 Å². The second-order valence-electron chi connectivity index (χ2n) is 4.69. The van der Waals surface area contributed by atoms with Crippen LogP contribution < -0.4 is 0 Å². The summed E-state index contributed by atoms with van der Waals surface area (Å²) in [6.45, 7) is 2.48. The summed E-state index contributed by atoms with van der Waals surface area (Å²) in [6.07, 6.45) is 1.70. The maximum Gasteiger partial charge on any atom is 0.254 e. The van der Waals surface area contributed by atoms with Crippen LogP contribution in [0.2, 0.25) is 0 Å². The van der Waals surface area contributed by atoms with Gasteiger partial charge in [-0.1, -0.05) is 22.8 Å². The van der Waals surface area contributed by atoms with Gasteiger partial charge in [0.05, 0.1) is 18.3 Å². The van der Waals surface area contributed by atoms with Crippen molar-refractivity contribution in [2.75, 3.05) is 13.2 Å². The molecule has 19 heavy (non-hydrogen) atoms. The van der Waals surface area contributed by atoms with Gasteiger partial charge in [-0.2, -0.15) is 0 Å². The van der Waals surface area contributed by atoms with E-state index in [1.807, 2.05) is 6.92 Å². The second-order valence-corrected chi connectivity index (χ2v) is 4.69. The van der Waals surface area contributed by atoms with E-state index in [0.717, 1.165) is 18.4 Å². The molecule has 0 unspecified atom stereocenters. The summed E-state index contributed by atoms with van der Waals surface area (Å²) in [5.74, 6) is -0.178. The molecule has 1 atom stereocenters. The lowest BCUT2D eigenvalue weighted by Gasteiger charge is -2.23. The highest BCUT2D eigenvalue weighted by atomic mass is 16.3. The van der Waals surface area contributed by atoms with Gasteiger partial charge in [-0.05, 0) is 31.4 Å². The molecule has 2 rings (SSSR count). The first kappa shape index (κ1) is 13.4. The fourth-order valence-corrected chi connectivity index (χ4v) is 2.40. The van der Waals surface area contributed by atoms with Crippen LogP contribution >= 0.6 is 0 Å². The summed E-state index contributed by atoms with van der Waals surface area (Å²) in [5, 5.41) is 12.8. The van der Waals surface area contributed by atoms with Gasteiger partial charge in [0.2, 0.25) is 0 Å². The number of benzene rings is 1. The Labute approximate surface area is 111 Å². The molecule has 100 valence electrons. The number of rotatable bonds is 3. The van der Waals surface area contributed by atoms with Gasteiger partial charge in [-0.3, -0.25) is 4.79 Å². The number of hydrogen-bond donors (Lipinski definition) is 1. The maximum absolute atomic E-state index is 12.5. The topological polar surface area (TPSA) is 89.3 Å². The summed E-state index contributed by atoms with van der Waals surface area (Å²) in [5.41, 5.74) is 10.2. The Hall–Kier alpha value is -2.04. The molecule has 1 amide bonds. The van der Waals surface area contributed by atoms with Crippen LogP contribution in [0.15, 0.2) is 23.3 Å². The Morgan fingerprint density at radius 2 is 2.42 bits per heavy atom. The number of aliphatic hydroxyl groups excluding tert-OH is 1. The normalized spacial score (nSPS) is 18.2. The molecule has 1 N–H and O–H groups in total. The Morgan fingerprint density at radius 3 is 3.11 bits per heavy atom. The van der Waals surface area contributed by atoms with E-state index in [1.54, 1.807) is 23.1 Å². The number of hydrogen-bond acceptors (Lipinski definition) is 3. The fraction of sp³-hybridized carbons (Fsp3) is 0.462. The van der Waals surface area contributed by atoms with E-state index in [1.165, 1.54) is 0 Å². The first-order valence-electron chi connectivity index (χ1n) is 6.25. The van der Waals surface area contributed by atoms with Crippen LogP contribution in [0, 0.1) is 6.92 Å². The quantitative estimate of drug-likeness (QED) is 0.514. The van der Waals surface area contributed by atoms with Crippen LogP contribution in [-0.2, 0) is 0 Å². The molecule has 0 saturated carbocycles. The molecule has 6 nitrogen and oxygen atoms in total. The van der Waals surface area contributed by atoms with Gasteiger partial charge in [-0.15, -0.1) is 0 Å². The Balaban J connectivity index is 2.37. The van der Waals surface area contributed by atoms with E-state index >= 15 is 0 Å². The molecular formula is C13H16N4O2. The number of aryl methyl sites for hydroxylation is 1. The number of likely N-dealkylation sites (tertiary alicyclic amines) is 1. The van der Waals surface area contributed by atoms with Crippen molar-refractivity contribution < 1.29 is 9.90 Å². The number of amides is 1. The van der Waals surface area contributed by atoms with E-state index < -0.39 is 0 Å². The third-order valence-corrected chi connectivity index (χ3v) is 3.38. The average molecular weight is 260 g/mol. The third kappa shape index (κ3) is 2.70. The smallest absolute Gasteiger partial charge is 0.254 e. The molecule has 1 aliphatic heterocycles. The fourth-order valence-electron chi connectivity index (χ4n) is 2.40. The van der Waals surface area contributed by atoms with Gasteiger partial charge in [0.25, 0.3) is 5.91 Å². The molecule has 1 heterocycles. The minimum Gasteiger partial charge on any atom is -0.394 e. The summed E-state index contributed by atoms with van der Waals surface area (Å²) in [4.78, 5) is 16.9. The van der Waals surface area contributed by atoms with Crippen molar-refractivity contribution >= 4 is 11.6 Å². The van der Waals surface area contributed by atoms with Gasteiger partial charge in [0.15, 0.2) is 0 Å². The van der Waals surface area contributed by atoms with Crippen molar-refractivity contribution in [3.8, 4) is 0 Å². The molecule has 0 aromatic heterocycles. The van der Waals surface area contributed by atoms with Crippen molar-refractivity contribution in [1.82, 2.24) is 4.90 Å². The zero-order valence-electron chi connectivity index (χ0n) is 10.8. The van der Waals surface area contributed by atoms with Gasteiger partial charge in [-0.25, -0.2) is 0 Å². The van der Waals surface area contributed by atoms with E-state index in [9.17, 15) is 9.90 Å². The molecule has 6 heteroatoms. The average Bonchev–Trinajstić information content (AvgIpc) is 2.88. The Kier molecular flexibility index (Phi) is 4.04. The van der Waals surface area contributed by atoms with Crippen molar-refractivity contribution in [2.45, 2.75) is 25.8 Å². The molecule has 1 aliphatic rings. The van der Waals surface area contributed by atoms with Crippen molar-refractivity contribution in [3.63, 3.8) is 0 Å². The third-order valence-electron chi connectivity index (χ3n) is 3.38. The minimum atomic E-state index is -0.178. The van der Waals surface area contributed by atoms with E-state index in [4.69, 9.17) is 5.53 Å². The summed E-state index contributed by atoms with van der Waals surface area (Å²) < 4.78 is 0. The summed E-state index contributed by atoms with van der Waals surface area (Å²) in [6, 6.07) is 5.03. The number of aliphatic hydroxyl groups is 1. The SMILES string of the molecule is Cc1ccc(N=[N+]=[N-])c(C(=O)N2CCC[C@H]2CO)c1. The molecular weight excluding hydrogens is 244 g/mol. The van der Waals surface area contributed by atoms with Crippen LogP contribution in [0.25, 0.3) is 10.4 Å². The van der Waals surface area contributed by atoms with E-state index in [-0.39, 0.29) is 18.6 Å². The predicted octanol–water partition coefficient (Wildman–Crippen LogP) is 2.53. The summed E-state index contributed by atoms with van der Waals surface area (Å²) in [7, 11) is 0.